The van der Waals surface area contributed by atoms with Crippen molar-refractivity contribution in [1.82, 2.24) is 0 Å². The third-order valence-electron chi connectivity index (χ3n) is 15.8. The van der Waals surface area contributed by atoms with E-state index in [4.69, 9.17) is 10.8 Å². The van der Waals surface area contributed by atoms with Gasteiger partial charge in [0.05, 0.1) is 4.92 Å². The molecule has 15 aromatic rings. The number of carbonyl (C=O) groups excluding carboxylic acids is 2. The van der Waals surface area contributed by atoms with E-state index in [2.05, 4.69) is 10.6 Å². The summed E-state index contributed by atoms with van der Waals surface area (Å²) in [5, 5.41) is 31.1. The molecular formula is C78H67N5O10S5. The van der Waals surface area contributed by atoms with Crippen molar-refractivity contribution in [2.24, 2.45) is 0 Å². The third kappa shape index (κ3) is 15.7. The number of nitro groups is 1. The van der Waals surface area contributed by atoms with Gasteiger partial charge in [-0.3, -0.25) is 43.7 Å². The number of non-ortho nitro benzene ring substituents is 1. The Labute approximate surface area is 581 Å². The number of aliphatic hydroxyl groups excluding tert-OH is 1. The van der Waals surface area contributed by atoms with Crippen molar-refractivity contribution < 1.29 is 19.6 Å². The maximum atomic E-state index is 12.7. The fourth-order valence-electron chi connectivity index (χ4n) is 10.8. The number of fused-ring (bicyclic) bond motifs is 10. The Hall–Kier alpha value is -10.5. The van der Waals surface area contributed by atoms with Gasteiger partial charge in [0.2, 0.25) is 11.8 Å². The van der Waals surface area contributed by atoms with E-state index in [-0.39, 0.29) is 51.3 Å². The van der Waals surface area contributed by atoms with Crippen molar-refractivity contribution in [2.45, 2.75) is 55.4 Å². The predicted octanol–water partition coefficient (Wildman–Crippen LogP) is 18.1. The van der Waals surface area contributed by atoms with E-state index in [0.29, 0.717) is 38.3 Å². The quantitative estimate of drug-likeness (QED) is 0.0557. The maximum absolute atomic E-state index is 12.7. The molecule has 98 heavy (non-hydrogen) atoms. The molecule has 494 valence electrons. The lowest BCUT2D eigenvalue weighted by molar-refractivity contribution is -0.384. The van der Waals surface area contributed by atoms with Crippen LogP contribution in [0.3, 0.4) is 0 Å². The Morgan fingerprint density at radius 2 is 0.704 bits per heavy atom. The lowest BCUT2D eigenvalue weighted by Crippen LogP contribution is -2.22. The van der Waals surface area contributed by atoms with Gasteiger partial charge in [0.25, 0.3) is 5.69 Å². The molecule has 0 aliphatic heterocycles. The monoisotopic (exact) mass is 1390 g/mol. The second-order valence-electron chi connectivity index (χ2n) is 23.3. The molecule has 0 atom stereocenters. The summed E-state index contributed by atoms with van der Waals surface area (Å²) in [6.45, 7) is 14.8. The fraction of sp³-hybridized carbons (Fsp3) is 0.141. The first-order chi connectivity index (χ1) is 46.8. The molecule has 0 saturated carbocycles. The van der Waals surface area contributed by atoms with E-state index in [1.807, 2.05) is 187 Å². The molecule has 0 aliphatic rings. The van der Waals surface area contributed by atoms with Crippen LogP contribution in [0.25, 0.3) is 101 Å². The van der Waals surface area contributed by atoms with Gasteiger partial charge < -0.3 is 26.4 Å². The van der Waals surface area contributed by atoms with Crippen LogP contribution in [0.1, 0.15) is 48.6 Å². The highest BCUT2D eigenvalue weighted by Crippen LogP contribution is 2.33. The lowest BCUT2D eigenvalue weighted by Gasteiger charge is -2.15. The minimum absolute atomic E-state index is 0.0182. The maximum Gasteiger partial charge on any atom is 0.270 e. The number of aliphatic hydroxyl groups is 1. The summed E-state index contributed by atoms with van der Waals surface area (Å²) in [5.41, 5.74) is 14.1. The molecule has 10 aromatic carbocycles. The van der Waals surface area contributed by atoms with Crippen molar-refractivity contribution in [2.75, 3.05) is 42.0 Å². The average Bonchev–Trinajstić information content (AvgIpc) is 0.802. The number of rotatable bonds is 4. The van der Waals surface area contributed by atoms with Crippen LogP contribution < -0.4 is 48.4 Å². The number of nitrogens with two attached hydrogens (primary N) is 1. The molecule has 0 fully saturated rings. The van der Waals surface area contributed by atoms with Gasteiger partial charge in [-0.15, -0.1) is 56.7 Å². The number of nitrogens with zero attached hydrogens (tertiary/aromatic N) is 2. The molecule has 15 nitrogen and oxygen atoms in total. The van der Waals surface area contributed by atoms with E-state index < -0.39 is 4.92 Å². The Bertz CT molecular complexity index is 5960. The molecule has 0 spiro atoms. The zero-order valence-corrected chi connectivity index (χ0v) is 59.2. The molecule has 5 aromatic heterocycles. The first-order valence-corrected chi connectivity index (χ1v) is 35.0. The highest BCUT2D eigenvalue weighted by molar-refractivity contribution is 7.26. The normalized spacial score (nSPS) is 10.8. The number of carbonyl (C=O) groups is 2. The van der Waals surface area contributed by atoms with Crippen LogP contribution >= 0.6 is 56.7 Å². The van der Waals surface area contributed by atoms with Crippen LogP contribution in [0.4, 0.5) is 28.4 Å². The first-order valence-electron chi connectivity index (χ1n) is 30.9. The Kier molecular flexibility index (Phi) is 21.8. The number of nitrogen functional groups attached to an aromatic ring is 1. The number of nitro benzene ring substituents is 1. The van der Waals surface area contributed by atoms with E-state index >= 15 is 0 Å². The number of amides is 2. The summed E-state index contributed by atoms with van der Waals surface area (Å²) < 4.78 is 9.62. The van der Waals surface area contributed by atoms with Crippen molar-refractivity contribution >= 4 is 198 Å². The summed E-state index contributed by atoms with van der Waals surface area (Å²) >= 11 is 7.95. The zero-order valence-electron chi connectivity index (χ0n) is 55.2. The molecule has 0 aliphatic carbocycles. The van der Waals surface area contributed by atoms with E-state index in [1.165, 1.54) is 37.3 Å². The van der Waals surface area contributed by atoms with Gasteiger partial charge in [0.15, 0.2) is 27.1 Å². The second kappa shape index (κ2) is 30.3. The third-order valence-corrected chi connectivity index (χ3v) is 21.5. The average molecular weight is 1390 g/mol. The SMILES string of the molecule is CC(=O)N(C)c1ccc2sc3ccc(C)cc3c(=O)c2c1.CC(=O)Nc1ccc2sc3ccc(C)cc3c(=O)c2c1.CCO.CNc1ccc2sc3ccc(C)cc3c(=O)c2c1.Cc1ccc2sc3ccc(N)cc3c(=O)c2c1.Cc1ccc2sc3ccc([N+](=O)[O-])cc3c(=O)c2c1. The van der Waals surface area contributed by atoms with Gasteiger partial charge in [-0.25, -0.2) is 0 Å². The van der Waals surface area contributed by atoms with Crippen molar-refractivity contribution in [1.29, 1.82) is 0 Å². The van der Waals surface area contributed by atoms with Gasteiger partial charge in [0, 0.05) is 170 Å². The van der Waals surface area contributed by atoms with E-state index in [1.54, 1.807) is 88.5 Å². The highest BCUT2D eigenvalue weighted by Gasteiger charge is 2.15. The van der Waals surface area contributed by atoms with Crippen LogP contribution in [-0.2, 0) is 9.59 Å². The zero-order chi connectivity index (χ0) is 70.4. The predicted molar refractivity (Wildman–Crippen MR) is 418 cm³/mol. The summed E-state index contributed by atoms with van der Waals surface area (Å²) in [6, 6.07) is 56.5. The topological polar surface area (TPSA) is 236 Å². The lowest BCUT2D eigenvalue weighted by atomic mass is 10.1. The molecule has 0 bridgehead atoms. The number of hydrogen-bond acceptors (Lipinski definition) is 17. The Balaban J connectivity index is 0.000000132. The van der Waals surface area contributed by atoms with Crippen LogP contribution in [0.2, 0.25) is 0 Å². The van der Waals surface area contributed by atoms with Gasteiger partial charge in [-0.1, -0.05) is 58.1 Å². The fourth-order valence-corrected chi connectivity index (χ4v) is 15.9. The van der Waals surface area contributed by atoms with Crippen LogP contribution in [0.5, 0.6) is 0 Å². The number of aryl methyl sites for hydroxylation is 5. The van der Waals surface area contributed by atoms with Crippen LogP contribution in [0.15, 0.2) is 206 Å². The van der Waals surface area contributed by atoms with Gasteiger partial charge in [-0.05, 0) is 181 Å². The molecule has 5 heterocycles. The van der Waals surface area contributed by atoms with Crippen molar-refractivity contribution in [3.8, 4) is 0 Å². The first kappa shape index (κ1) is 70.4. The number of nitrogens with one attached hydrogen (secondary N) is 2. The van der Waals surface area contributed by atoms with E-state index in [0.717, 1.165) is 113 Å². The van der Waals surface area contributed by atoms with E-state index in [9.17, 15) is 43.7 Å². The van der Waals surface area contributed by atoms with Gasteiger partial charge in [-0.2, -0.15) is 0 Å². The molecular weight excluding hydrogens is 1330 g/mol. The highest BCUT2D eigenvalue weighted by atomic mass is 32.1. The molecule has 5 N–H and O–H groups in total. The molecule has 15 rings (SSSR count). The largest absolute Gasteiger partial charge is 0.399 e. The smallest absolute Gasteiger partial charge is 0.270 e. The molecule has 0 unspecified atom stereocenters. The number of hydrogen-bond donors (Lipinski definition) is 4. The number of benzene rings is 10. The summed E-state index contributed by atoms with van der Waals surface area (Å²) in [4.78, 5) is 96.9. The Morgan fingerprint density at radius 3 is 1.04 bits per heavy atom. The summed E-state index contributed by atoms with van der Waals surface area (Å²) in [6.07, 6.45) is 0. The minimum Gasteiger partial charge on any atom is -0.399 e. The molecule has 2 amide bonds. The molecule has 20 heteroatoms. The van der Waals surface area contributed by atoms with Crippen LogP contribution in [-0.4, -0.2) is 42.5 Å². The summed E-state index contributed by atoms with van der Waals surface area (Å²) in [7, 11) is 3.57. The summed E-state index contributed by atoms with van der Waals surface area (Å²) in [5.74, 6) is -0.195. The molecule has 0 saturated heterocycles. The standard InChI is InChI=1S/C17H15NO2S.C16H13NO2S.C15H13NOS.C14H9NO3S.C14H11NOS.C2H6O/c1-10-4-6-15-13(8-10)17(20)14-9-12(18(3)11(2)19)5-7-16(14)21-15;1-9-3-5-14-12(7-9)16(19)13-8-11(17-10(2)18)4-6-15(13)20-14;1-9-3-5-13-11(7-9)15(17)12-8-10(16-2)4-6-14(12)18-13;1-8-2-4-12-10(6-8)14(16)11-7-9(15(17)18)3-5-13(11)19-12;1-8-2-4-12-10(6-8)14(16)11-7-9(15)3-5-13(11)17-12;1-2-3/h4-9H,1-3H3;3-8H,1-2H3,(H,17,18);3-8,16H,1-2H3;2-7H,1H3;2-7H,15H2,1H3;3H,2H2,1H3. The molecule has 0 radical (unpaired) electrons. The van der Waals surface area contributed by atoms with Crippen molar-refractivity contribution in [3.05, 3.63) is 271 Å². The van der Waals surface area contributed by atoms with Gasteiger partial charge in [0.1, 0.15) is 0 Å². The number of anilines is 4. The second-order valence-corrected chi connectivity index (χ2v) is 28.7. The van der Waals surface area contributed by atoms with Gasteiger partial charge >= 0.3 is 0 Å². The van der Waals surface area contributed by atoms with Crippen molar-refractivity contribution in [3.63, 3.8) is 0 Å². The Morgan fingerprint density at radius 1 is 0.429 bits per heavy atom. The minimum atomic E-state index is -0.482. The van der Waals surface area contributed by atoms with Crippen LogP contribution in [0, 0.1) is 44.7 Å².